The van der Waals surface area contributed by atoms with Crippen LogP contribution < -0.4 is 4.74 Å². The molecule has 0 spiro atoms. The monoisotopic (exact) mass is 427 g/mol. The first-order valence-corrected chi connectivity index (χ1v) is 11.3. The van der Waals surface area contributed by atoms with E-state index in [4.69, 9.17) is 4.74 Å². The van der Waals surface area contributed by atoms with Gasteiger partial charge in [-0.1, -0.05) is 39.0 Å². The van der Waals surface area contributed by atoms with Crippen LogP contribution in [0.25, 0.3) is 27.9 Å². The summed E-state index contributed by atoms with van der Waals surface area (Å²) in [5.74, 6) is 0.727. The van der Waals surface area contributed by atoms with E-state index in [-0.39, 0.29) is 16.8 Å². The summed E-state index contributed by atoms with van der Waals surface area (Å²) in [6.45, 7) is 13.6. The zero-order valence-electron chi connectivity index (χ0n) is 19.7. The van der Waals surface area contributed by atoms with Gasteiger partial charge in [-0.15, -0.1) is 0 Å². The number of rotatable bonds is 2. The molecular formula is C29H30FNO. The third kappa shape index (κ3) is 3.40. The third-order valence-electron chi connectivity index (χ3n) is 6.43. The Morgan fingerprint density at radius 2 is 1.78 bits per heavy atom. The maximum absolute atomic E-state index is 14.0. The van der Waals surface area contributed by atoms with Crippen LogP contribution in [0.5, 0.6) is 5.75 Å². The van der Waals surface area contributed by atoms with Crippen LogP contribution >= 0.6 is 0 Å². The normalized spacial score (nSPS) is 15.2. The molecule has 2 nitrogen and oxygen atoms in total. The van der Waals surface area contributed by atoms with Crippen LogP contribution in [0.3, 0.4) is 0 Å². The lowest BCUT2D eigenvalue weighted by atomic mass is 9.86. The summed E-state index contributed by atoms with van der Waals surface area (Å²) in [6.07, 6.45) is 4.32. The maximum Gasteiger partial charge on any atom is 0.132 e. The molecule has 1 aliphatic rings. The number of aromatic nitrogens is 1. The van der Waals surface area contributed by atoms with Crippen molar-refractivity contribution in [1.82, 2.24) is 4.57 Å². The van der Waals surface area contributed by atoms with Gasteiger partial charge in [0.15, 0.2) is 0 Å². The van der Waals surface area contributed by atoms with Gasteiger partial charge in [-0.05, 0) is 85.4 Å². The molecular weight excluding hydrogens is 397 g/mol. The number of hydrogen-bond donors (Lipinski definition) is 0. The zero-order valence-corrected chi connectivity index (χ0v) is 19.7. The molecule has 32 heavy (non-hydrogen) atoms. The second-order valence-electron chi connectivity index (χ2n) is 10.6. The first-order chi connectivity index (χ1) is 15.0. The van der Waals surface area contributed by atoms with E-state index in [1.54, 1.807) is 12.1 Å². The van der Waals surface area contributed by atoms with Crippen LogP contribution in [0.15, 0.2) is 54.6 Å². The van der Waals surface area contributed by atoms with Gasteiger partial charge in [-0.2, -0.15) is 0 Å². The smallest absolute Gasteiger partial charge is 0.132 e. The summed E-state index contributed by atoms with van der Waals surface area (Å²) in [6, 6.07) is 15.9. The average Bonchev–Trinajstić information content (AvgIpc) is 3.00. The van der Waals surface area contributed by atoms with E-state index in [2.05, 4.69) is 82.5 Å². The molecule has 0 N–H and O–H groups in total. The van der Waals surface area contributed by atoms with E-state index in [1.165, 1.54) is 22.4 Å². The highest BCUT2D eigenvalue weighted by atomic mass is 19.1. The molecule has 1 aromatic heterocycles. The number of ether oxygens (including phenoxy) is 1. The highest BCUT2D eigenvalue weighted by Gasteiger charge is 2.27. The molecule has 0 saturated heterocycles. The lowest BCUT2D eigenvalue weighted by Crippen LogP contribution is -2.28. The first kappa shape index (κ1) is 20.8. The molecule has 164 valence electrons. The largest absolute Gasteiger partial charge is 0.483 e. The summed E-state index contributed by atoms with van der Waals surface area (Å²) >= 11 is 0. The summed E-state index contributed by atoms with van der Waals surface area (Å²) in [5, 5.41) is 2.44. The summed E-state index contributed by atoms with van der Waals surface area (Å²) < 4.78 is 22.7. The Balaban J connectivity index is 1.86. The molecule has 5 rings (SSSR count). The van der Waals surface area contributed by atoms with Crippen molar-refractivity contribution in [2.24, 2.45) is 0 Å². The molecule has 0 atom stereocenters. The molecule has 3 heteroatoms. The molecule has 0 radical (unpaired) electrons. The predicted octanol–water partition coefficient (Wildman–Crippen LogP) is 7.77. The van der Waals surface area contributed by atoms with Gasteiger partial charge >= 0.3 is 0 Å². The van der Waals surface area contributed by atoms with Crippen molar-refractivity contribution in [2.75, 3.05) is 0 Å². The topological polar surface area (TPSA) is 14.2 Å². The molecule has 4 aromatic rings. The minimum Gasteiger partial charge on any atom is -0.483 e. The number of nitrogens with zero attached hydrogens (tertiary/aromatic N) is 1. The quantitative estimate of drug-likeness (QED) is 0.319. The van der Waals surface area contributed by atoms with Crippen LogP contribution in [0.2, 0.25) is 0 Å². The second-order valence-corrected chi connectivity index (χ2v) is 10.6. The van der Waals surface area contributed by atoms with Crippen LogP contribution in [0.1, 0.15) is 56.9 Å². The maximum atomic E-state index is 14.0. The summed E-state index contributed by atoms with van der Waals surface area (Å²) in [7, 11) is 0. The van der Waals surface area contributed by atoms with Gasteiger partial charge in [-0.3, -0.25) is 0 Å². The average molecular weight is 428 g/mol. The van der Waals surface area contributed by atoms with E-state index in [0.717, 1.165) is 33.5 Å². The third-order valence-corrected chi connectivity index (χ3v) is 6.43. The SMILES string of the molecule is Cc1cc2c3cc(C(C)(C)C)ccc3n(Cc3cccc(F)c3)c2c2c1OC(C)(C)C=C2. The Hall–Kier alpha value is -3.07. The number of fused-ring (bicyclic) bond motifs is 5. The highest BCUT2D eigenvalue weighted by Crippen LogP contribution is 2.43. The van der Waals surface area contributed by atoms with Gasteiger partial charge in [0.1, 0.15) is 17.2 Å². The Kier molecular flexibility index (Phi) is 4.53. The Bertz CT molecular complexity index is 1400. The van der Waals surface area contributed by atoms with Crippen molar-refractivity contribution < 1.29 is 9.13 Å². The number of benzene rings is 3. The highest BCUT2D eigenvalue weighted by molar-refractivity contribution is 6.12. The van der Waals surface area contributed by atoms with Crippen LogP contribution in [0, 0.1) is 12.7 Å². The van der Waals surface area contributed by atoms with E-state index in [0.29, 0.717) is 6.54 Å². The van der Waals surface area contributed by atoms with Gasteiger partial charge in [0, 0.05) is 28.4 Å². The van der Waals surface area contributed by atoms with Crippen molar-refractivity contribution in [1.29, 1.82) is 0 Å². The number of aryl methyl sites for hydroxylation is 1. The van der Waals surface area contributed by atoms with Crippen LogP contribution in [-0.4, -0.2) is 10.2 Å². The number of halogens is 1. The fraction of sp³-hybridized carbons (Fsp3) is 0.310. The zero-order chi connectivity index (χ0) is 22.8. The van der Waals surface area contributed by atoms with Gasteiger partial charge in [0.05, 0.1) is 5.52 Å². The molecule has 0 bridgehead atoms. The van der Waals surface area contributed by atoms with Gasteiger partial charge in [0.2, 0.25) is 0 Å². The van der Waals surface area contributed by atoms with E-state index in [1.807, 2.05) is 6.07 Å². The molecule has 0 amide bonds. The van der Waals surface area contributed by atoms with Gasteiger partial charge < -0.3 is 9.30 Å². The summed E-state index contributed by atoms with van der Waals surface area (Å²) in [4.78, 5) is 0. The molecule has 0 aliphatic carbocycles. The van der Waals surface area contributed by atoms with Crippen molar-refractivity contribution in [3.63, 3.8) is 0 Å². The molecule has 1 aliphatic heterocycles. The molecule has 3 aromatic carbocycles. The molecule has 0 saturated carbocycles. The Morgan fingerprint density at radius 1 is 1.00 bits per heavy atom. The fourth-order valence-corrected chi connectivity index (χ4v) is 4.74. The Labute approximate surface area is 189 Å². The standard InChI is InChI=1S/C29H30FNO/c1-18-14-24-23-16-20(28(2,3)4)10-11-25(23)31(17-19-8-7-9-21(30)15-19)26(24)22-12-13-29(5,6)32-27(18)22/h7-16H,17H2,1-6H3. The Morgan fingerprint density at radius 3 is 2.50 bits per heavy atom. The fourth-order valence-electron chi connectivity index (χ4n) is 4.74. The summed E-state index contributed by atoms with van der Waals surface area (Å²) in [5.41, 5.74) is 6.49. The minimum atomic E-state index is -0.343. The van der Waals surface area contributed by atoms with Crippen molar-refractivity contribution in [3.8, 4) is 5.75 Å². The second kappa shape index (κ2) is 6.96. The van der Waals surface area contributed by atoms with Crippen molar-refractivity contribution >= 4 is 27.9 Å². The van der Waals surface area contributed by atoms with Crippen LogP contribution in [-0.2, 0) is 12.0 Å². The van der Waals surface area contributed by atoms with Gasteiger partial charge in [-0.25, -0.2) is 4.39 Å². The first-order valence-electron chi connectivity index (χ1n) is 11.3. The van der Waals surface area contributed by atoms with Crippen molar-refractivity contribution in [2.45, 2.75) is 59.1 Å². The predicted molar refractivity (Wildman–Crippen MR) is 132 cm³/mol. The van der Waals surface area contributed by atoms with Crippen molar-refractivity contribution in [3.05, 3.63) is 82.7 Å². The minimum absolute atomic E-state index is 0.0570. The van der Waals surface area contributed by atoms with E-state index < -0.39 is 0 Å². The van der Waals surface area contributed by atoms with Gasteiger partial charge in [0.25, 0.3) is 0 Å². The molecule has 2 heterocycles. The van der Waals surface area contributed by atoms with Crippen LogP contribution in [0.4, 0.5) is 4.39 Å². The molecule has 0 fully saturated rings. The lowest BCUT2D eigenvalue weighted by Gasteiger charge is -2.29. The van der Waals surface area contributed by atoms with E-state index in [9.17, 15) is 4.39 Å². The molecule has 0 unspecified atom stereocenters. The van der Waals surface area contributed by atoms with E-state index >= 15 is 0 Å². The number of hydrogen-bond acceptors (Lipinski definition) is 1. The lowest BCUT2D eigenvalue weighted by molar-refractivity contribution is 0.158.